The summed E-state index contributed by atoms with van der Waals surface area (Å²) in [4.78, 5) is 2.42. The third-order valence-corrected chi connectivity index (χ3v) is 4.49. The fourth-order valence-corrected chi connectivity index (χ4v) is 3.04. The molecular formula is C19H42ClN. The molecule has 0 heterocycles. The average Bonchev–Trinajstić information content (AvgIpc) is 2.43. The lowest BCUT2D eigenvalue weighted by Crippen LogP contribution is -2.27. The van der Waals surface area contributed by atoms with Crippen LogP contribution in [0.2, 0.25) is 0 Å². The minimum atomic E-state index is 0. The summed E-state index contributed by atoms with van der Waals surface area (Å²) in [6.45, 7) is 4.60. The molecule has 1 atom stereocenters. The Labute approximate surface area is 141 Å². The van der Waals surface area contributed by atoms with Gasteiger partial charge in [-0.2, -0.15) is 0 Å². The van der Waals surface area contributed by atoms with Gasteiger partial charge in [0.25, 0.3) is 0 Å². The highest BCUT2D eigenvalue weighted by Gasteiger charge is 2.08. The number of hydrogen-bond donors (Lipinski definition) is 0. The van der Waals surface area contributed by atoms with Gasteiger partial charge in [-0.3, -0.25) is 0 Å². The molecular weight excluding hydrogens is 278 g/mol. The van der Waals surface area contributed by atoms with Crippen LogP contribution in [0.5, 0.6) is 0 Å². The average molecular weight is 320 g/mol. The Morgan fingerprint density at radius 2 is 1.00 bits per heavy atom. The van der Waals surface area contributed by atoms with Crippen molar-refractivity contribution in [3.63, 3.8) is 0 Å². The molecule has 0 saturated carbocycles. The quantitative estimate of drug-likeness (QED) is 0.299. The van der Waals surface area contributed by atoms with Crippen molar-refractivity contribution < 1.29 is 0 Å². The van der Waals surface area contributed by atoms with Crippen molar-refractivity contribution in [1.82, 2.24) is 4.90 Å². The Kier molecular flexibility index (Phi) is 20.5. The lowest BCUT2D eigenvalue weighted by molar-refractivity contribution is 0.256. The first-order chi connectivity index (χ1) is 9.72. The molecule has 0 aromatic rings. The van der Waals surface area contributed by atoms with E-state index in [1.54, 1.807) is 0 Å². The molecule has 0 amide bonds. The third kappa shape index (κ3) is 16.4. The fraction of sp³-hybridized carbons (Fsp3) is 1.00. The Bertz CT molecular complexity index is 182. The zero-order chi connectivity index (χ0) is 15.1. The normalized spacial score (nSPS) is 12.4. The van der Waals surface area contributed by atoms with Gasteiger partial charge in [-0.1, -0.05) is 90.9 Å². The van der Waals surface area contributed by atoms with Gasteiger partial charge in [0.15, 0.2) is 0 Å². The maximum absolute atomic E-state index is 2.42. The van der Waals surface area contributed by atoms with Gasteiger partial charge in [0.2, 0.25) is 0 Å². The van der Waals surface area contributed by atoms with E-state index >= 15 is 0 Å². The van der Waals surface area contributed by atoms with Crippen LogP contribution in [0.25, 0.3) is 0 Å². The van der Waals surface area contributed by atoms with Crippen molar-refractivity contribution in [2.45, 2.75) is 110 Å². The van der Waals surface area contributed by atoms with Gasteiger partial charge in [0.05, 0.1) is 0 Å². The lowest BCUT2D eigenvalue weighted by Gasteiger charge is -2.23. The van der Waals surface area contributed by atoms with E-state index in [1.807, 2.05) is 0 Å². The van der Waals surface area contributed by atoms with Crippen LogP contribution in [0.3, 0.4) is 0 Å². The Balaban J connectivity index is 0. The van der Waals surface area contributed by atoms with Crippen LogP contribution in [0.1, 0.15) is 104 Å². The van der Waals surface area contributed by atoms with Crippen LogP contribution in [0.15, 0.2) is 0 Å². The van der Waals surface area contributed by atoms with Crippen molar-refractivity contribution in [3.05, 3.63) is 0 Å². The standard InChI is InChI=1S/C19H41N.ClH/c1-5-7-8-9-10-11-12-13-14-15-16-18-19(17-6-2)20(3)4;/h19H,5-18H2,1-4H3;1H. The highest BCUT2D eigenvalue weighted by atomic mass is 35.5. The number of hydrogen-bond acceptors (Lipinski definition) is 1. The van der Waals surface area contributed by atoms with Crippen molar-refractivity contribution >= 4 is 12.4 Å². The summed E-state index contributed by atoms with van der Waals surface area (Å²) >= 11 is 0. The van der Waals surface area contributed by atoms with E-state index in [1.165, 1.54) is 89.9 Å². The van der Waals surface area contributed by atoms with Crippen LogP contribution < -0.4 is 0 Å². The number of unbranched alkanes of at least 4 members (excludes halogenated alkanes) is 10. The van der Waals surface area contributed by atoms with Crippen LogP contribution in [-0.2, 0) is 0 Å². The largest absolute Gasteiger partial charge is 0.306 e. The Morgan fingerprint density at radius 1 is 0.571 bits per heavy atom. The number of nitrogens with zero attached hydrogens (tertiary/aromatic N) is 1. The maximum atomic E-state index is 2.42. The van der Waals surface area contributed by atoms with Crippen LogP contribution in [-0.4, -0.2) is 25.0 Å². The summed E-state index contributed by atoms with van der Waals surface area (Å²) in [5, 5.41) is 0. The highest BCUT2D eigenvalue weighted by molar-refractivity contribution is 5.85. The lowest BCUT2D eigenvalue weighted by atomic mass is 10.0. The van der Waals surface area contributed by atoms with E-state index in [0.29, 0.717) is 0 Å². The van der Waals surface area contributed by atoms with Gasteiger partial charge >= 0.3 is 0 Å². The van der Waals surface area contributed by atoms with Gasteiger partial charge in [0.1, 0.15) is 0 Å². The Hall–Kier alpha value is 0.250. The molecule has 0 aromatic carbocycles. The predicted octanol–water partition coefficient (Wildman–Crippen LogP) is 6.84. The van der Waals surface area contributed by atoms with Crippen LogP contribution in [0.4, 0.5) is 0 Å². The summed E-state index contributed by atoms with van der Waals surface area (Å²) < 4.78 is 0. The molecule has 1 unspecified atom stereocenters. The third-order valence-electron chi connectivity index (χ3n) is 4.49. The van der Waals surface area contributed by atoms with E-state index in [0.717, 1.165) is 6.04 Å². The van der Waals surface area contributed by atoms with Gasteiger partial charge < -0.3 is 4.90 Å². The minimum absolute atomic E-state index is 0. The molecule has 0 aliphatic heterocycles. The molecule has 0 radical (unpaired) electrons. The van der Waals surface area contributed by atoms with Crippen LogP contribution in [0, 0.1) is 0 Å². The zero-order valence-corrected chi connectivity index (χ0v) is 16.1. The monoisotopic (exact) mass is 319 g/mol. The van der Waals surface area contributed by atoms with E-state index < -0.39 is 0 Å². The topological polar surface area (TPSA) is 3.24 Å². The van der Waals surface area contributed by atoms with Crippen molar-refractivity contribution in [1.29, 1.82) is 0 Å². The van der Waals surface area contributed by atoms with Gasteiger partial charge in [-0.15, -0.1) is 12.4 Å². The minimum Gasteiger partial charge on any atom is -0.306 e. The van der Waals surface area contributed by atoms with Crippen molar-refractivity contribution in [2.24, 2.45) is 0 Å². The highest BCUT2D eigenvalue weighted by Crippen LogP contribution is 2.15. The second-order valence-corrected chi connectivity index (χ2v) is 6.73. The van der Waals surface area contributed by atoms with Crippen molar-refractivity contribution in [3.8, 4) is 0 Å². The Morgan fingerprint density at radius 3 is 1.38 bits per heavy atom. The van der Waals surface area contributed by atoms with Gasteiger partial charge in [-0.05, 0) is 26.9 Å². The summed E-state index contributed by atoms with van der Waals surface area (Å²) in [7, 11) is 4.47. The molecule has 0 bridgehead atoms. The molecule has 0 saturated heterocycles. The smallest absolute Gasteiger partial charge is 0.00890 e. The molecule has 0 rings (SSSR count). The first kappa shape index (κ1) is 23.5. The van der Waals surface area contributed by atoms with Crippen molar-refractivity contribution in [2.75, 3.05) is 14.1 Å². The second kappa shape index (κ2) is 18.3. The number of halogens is 1. The molecule has 0 N–H and O–H groups in total. The molecule has 0 aliphatic rings. The summed E-state index contributed by atoms with van der Waals surface area (Å²) in [5.74, 6) is 0. The van der Waals surface area contributed by atoms with E-state index in [4.69, 9.17) is 0 Å². The fourth-order valence-electron chi connectivity index (χ4n) is 3.04. The molecule has 0 spiro atoms. The summed E-state index contributed by atoms with van der Waals surface area (Å²) in [5.41, 5.74) is 0. The van der Waals surface area contributed by atoms with E-state index in [-0.39, 0.29) is 12.4 Å². The zero-order valence-electron chi connectivity index (χ0n) is 15.3. The first-order valence-corrected chi connectivity index (χ1v) is 9.38. The molecule has 130 valence electrons. The van der Waals surface area contributed by atoms with Gasteiger partial charge in [0, 0.05) is 6.04 Å². The SMILES string of the molecule is CCCCCCCCCCCCCC(CCC)N(C)C.Cl. The molecule has 0 fully saturated rings. The summed E-state index contributed by atoms with van der Waals surface area (Å²) in [6.07, 6.45) is 20.0. The molecule has 2 heteroatoms. The van der Waals surface area contributed by atoms with Gasteiger partial charge in [-0.25, -0.2) is 0 Å². The maximum Gasteiger partial charge on any atom is 0.00890 e. The number of rotatable bonds is 15. The molecule has 1 nitrogen and oxygen atoms in total. The second-order valence-electron chi connectivity index (χ2n) is 6.73. The first-order valence-electron chi connectivity index (χ1n) is 9.38. The van der Waals surface area contributed by atoms with E-state index in [2.05, 4.69) is 32.8 Å². The summed E-state index contributed by atoms with van der Waals surface area (Å²) in [6, 6.07) is 0.818. The predicted molar refractivity (Wildman–Crippen MR) is 101 cm³/mol. The van der Waals surface area contributed by atoms with Crippen LogP contribution >= 0.6 is 12.4 Å². The molecule has 0 aliphatic carbocycles. The molecule has 21 heavy (non-hydrogen) atoms. The molecule has 0 aromatic heterocycles. The van der Waals surface area contributed by atoms with E-state index in [9.17, 15) is 0 Å².